The zero-order valence-electron chi connectivity index (χ0n) is 11.9. The van der Waals surface area contributed by atoms with Crippen molar-refractivity contribution in [3.05, 3.63) is 58.4 Å². The molecule has 0 aromatic heterocycles. The van der Waals surface area contributed by atoms with Gasteiger partial charge in [0.15, 0.2) is 0 Å². The molecule has 106 valence electrons. The maximum absolute atomic E-state index is 13.3. The maximum atomic E-state index is 13.3. The summed E-state index contributed by atoms with van der Waals surface area (Å²) in [6.45, 7) is 2.11. The normalized spacial score (nSPS) is 16.3. The van der Waals surface area contributed by atoms with Crippen LogP contribution in [0.3, 0.4) is 0 Å². The van der Waals surface area contributed by atoms with Gasteiger partial charge in [0, 0.05) is 5.69 Å². The van der Waals surface area contributed by atoms with Crippen LogP contribution in [-0.2, 0) is 24.1 Å². The van der Waals surface area contributed by atoms with E-state index in [1.807, 2.05) is 0 Å². The Morgan fingerprint density at radius 2 is 1.95 bits per heavy atom. The zero-order valence-corrected chi connectivity index (χ0v) is 11.9. The number of fused-ring (bicyclic) bond motifs is 2. The highest BCUT2D eigenvalue weighted by Gasteiger charge is 2.30. The average molecular weight is 281 g/mol. The predicted octanol–water partition coefficient (Wildman–Crippen LogP) is 3.84. The molecule has 1 aliphatic carbocycles. The quantitative estimate of drug-likeness (QED) is 0.777. The summed E-state index contributed by atoms with van der Waals surface area (Å²) < 4.78 is 13.3. The van der Waals surface area contributed by atoms with Crippen LogP contribution in [0, 0.1) is 12.7 Å². The van der Waals surface area contributed by atoms with E-state index in [4.69, 9.17) is 0 Å². The van der Waals surface area contributed by atoms with Gasteiger partial charge in [-0.15, -0.1) is 0 Å². The van der Waals surface area contributed by atoms with Crippen LogP contribution in [0.25, 0.3) is 0 Å². The molecule has 0 radical (unpaired) electrons. The number of anilines is 2. The first-order chi connectivity index (χ1) is 10.1. The molecular formula is C18H16FNO. The van der Waals surface area contributed by atoms with Crippen LogP contribution >= 0.6 is 0 Å². The Morgan fingerprint density at radius 3 is 2.81 bits per heavy atom. The second kappa shape index (κ2) is 4.42. The summed E-state index contributed by atoms with van der Waals surface area (Å²) in [6, 6.07) is 8.81. The molecule has 0 fully saturated rings. The van der Waals surface area contributed by atoms with E-state index in [-0.39, 0.29) is 18.1 Å². The van der Waals surface area contributed by atoms with Crippen molar-refractivity contribution in [2.24, 2.45) is 0 Å². The van der Waals surface area contributed by atoms with Gasteiger partial charge in [-0.2, -0.15) is 0 Å². The van der Waals surface area contributed by atoms with Gasteiger partial charge in [0.05, 0.1) is 12.1 Å². The van der Waals surface area contributed by atoms with Crippen LogP contribution in [-0.4, -0.2) is 5.91 Å². The molecule has 0 spiro atoms. The number of benzene rings is 2. The summed E-state index contributed by atoms with van der Waals surface area (Å²) in [4.78, 5) is 14.1. The molecule has 0 saturated heterocycles. The predicted molar refractivity (Wildman–Crippen MR) is 80.5 cm³/mol. The summed E-state index contributed by atoms with van der Waals surface area (Å²) in [5.41, 5.74) is 6.56. The van der Waals surface area contributed by atoms with Gasteiger partial charge < -0.3 is 0 Å². The lowest BCUT2D eigenvalue weighted by Gasteiger charge is -2.20. The summed E-state index contributed by atoms with van der Waals surface area (Å²) in [7, 11) is 0. The minimum Gasteiger partial charge on any atom is -0.280 e. The van der Waals surface area contributed by atoms with Gasteiger partial charge in [-0.1, -0.05) is 0 Å². The highest BCUT2D eigenvalue weighted by atomic mass is 19.1. The first-order valence-corrected chi connectivity index (χ1v) is 7.37. The lowest BCUT2D eigenvalue weighted by atomic mass is 10.0. The number of hydrogen-bond donors (Lipinski definition) is 0. The first-order valence-electron chi connectivity index (χ1n) is 7.37. The molecule has 0 saturated carbocycles. The van der Waals surface area contributed by atoms with Crippen molar-refractivity contribution >= 4 is 17.3 Å². The van der Waals surface area contributed by atoms with Gasteiger partial charge in [0.25, 0.3) is 0 Å². The second-order valence-corrected chi connectivity index (χ2v) is 5.93. The topological polar surface area (TPSA) is 20.3 Å². The first kappa shape index (κ1) is 12.6. The van der Waals surface area contributed by atoms with Crippen LogP contribution in [0.2, 0.25) is 0 Å². The molecule has 1 aliphatic heterocycles. The van der Waals surface area contributed by atoms with E-state index in [1.54, 1.807) is 11.0 Å². The summed E-state index contributed by atoms with van der Waals surface area (Å²) in [5, 5.41) is 0. The summed E-state index contributed by atoms with van der Waals surface area (Å²) >= 11 is 0. The van der Waals surface area contributed by atoms with E-state index in [0.717, 1.165) is 29.8 Å². The number of carbonyl (C=O) groups is 1. The molecule has 2 aromatic carbocycles. The number of aryl methyl sites for hydroxylation is 2. The number of amides is 1. The monoisotopic (exact) mass is 281 g/mol. The SMILES string of the molecule is Cc1cc(N2C(=O)Cc3cc(F)ccc32)cc2c1CCC2. The van der Waals surface area contributed by atoms with Gasteiger partial charge in [-0.3, -0.25) is 9.69 Å². The summed E-state index contributed by atoms with van der Waals surface area (Å²) in [5.74, 6) is -0.263. The van der Waals surface area contributed by atoms with E-state index in [0.29, 0.717) is 0 Å². The Hall–Kier alpha value is -2.16. The molecular weight excluding hydrogens is 265 g/mol. The van der Waals surface area contributed by atoms with Crippen LogP contribution in [0.1, 0.15) is 28.7 Å². The minimum atomic E-state index is -0.284. The van der Waals surface area contributed by atoms with E-state index in [9.17, 15) is 9.18 Å². The molecule has 2 nitrogen and oxygen atoms in total. The van der Waals surface area contributed by atoms with E-state index >= 15 is 0 Å². The average Bonchev–Trinajstić information content (AvgIpc) is 3.01. The molecule has 2 aromatic rings. The molecule has 0 atom stereocenters. The van der Waals surface area contributed by atoms with Crippen molar-refractivity contribution in [3.8, 4) is 0 Å². The second-order valence-electron chi connectivity index (χ2n) is 5.93. The number of halogens is 1. The van der Waals surface area contributed by atoms with Gasteiger partial charge in [-0.25, -0.2) is 4.39 Å². The lowest BCUT2D eigenvalue weighted by Crippen LogP contribution is -2.21. The fourth-order valence-electron chi connectivity index (χ4n) is 3.61. The number of nitrogens with zero attached hydrogens (tertiary/aromatic N) is 1. The molecule has 1 amide bonds. The number of rotatable bonds is 1. The zero-order chi connectivity index (χ0) is 14.6. The van der Waals surface area contributed by atoms with Gasteiger partial charge in [-0.05, 0) is 78.8 Å². The Bertz CT molecular complexity index is 766. The molecule has 0 N–H and O–H groups in total. The van der Waals surface area contributed by atoms with Crippen LogP contribution < -0.4 is 4.90 Å². The van der Waals surface area contributed by atoms with E-state index in [2.05, 4.69) is 19.1 Å². The maximum Gasteiger partial charge on any atom is 0.236 e. The Balaban J connectivity index is 1.85. The third-order valence-corrected chi connectivity index (χ3v) is 4.55. The molecule has 0 bridgehead atoms. The summed E-state index contributed by atoms with van der Waals surface area (Å²) in [6.07, 6.45) is 3.69. The van der Waals surface area contributed by atoms with Gasteiger partial charge in [0.2, 0.25) is 5.91 Å². The largest absolute Gasteiger partial charge is 0.280 e. The minimum absolute atomic E-state index is 0.0212. The van der Waals surface area contributed by atoms with Crippen molar-refractivity contribution in [1.82, 2.24) is 0 Å². The molecule has 21 heavy (non-hydrogen) atoms. The molecule has 3 heteroatoms. The third kappa shape index (κ3) is 1.88. The Morgan fingerprint density at radius 1 is 1.10 bits per heavy atom. The molecule has 1 heterocycles. The standard InChI is InChI=1S/C18H16FNO/c1-11-7-15(9-12-3-2-4-16(11)12)20-17-6-5-14(19)8-13(17)10-18(20)21/h5-9H,2-4,10H2,1H3. The van der Waals surface area contributed by atoms with E-state index in [1.165, 1.54) is 35.2 Å². The highest BCUT2D eigenvalue weighted by molar-refractivity contribution is 6.07. The number of carbonyl (C=O) groups excluding carboxylic acids is 1. The molecule has 2 aliphatic rings. The lowest BCUT2D eigenvalue weighted by molar-refractivity contribution is -0.116. The third-order valence-electron chi connectivity index (χ3n) is 4.55. The van der Waals surface area contributed by atoms with Crippen molar-refractivity contribution in [2.45, 2.75) is 32.6 Å². The molecule has 0 unspecified atom stereocenters. The van der Waals surface area contributed by atoms with Gasteiger partial charge in [0.1, 0.15) is 5.82 Å². The van der Waals surface area contributed by atoms with Crippen LogP contribution in [0.5, 0.6) is 0 Å². The Kier molecular flexibility index (Phi) is 2.64. The Labute approximate surface area is 123 Å². The smallest absolute Gasteiger partial charge is 0.236 e. The van der Waals surface area contributed by atoms with Crippen molar-refractivity contribution in [2.75, 3.05) is 4.90 Å². The number of hydrogen-bond acceptors (Lipinski definition) is 1. The fourth-order valence-corrected chi connectivity index (χ4v) is 3.61. The molecule has 4 rings (SSSR count). The van der Waals surface area contributed by atoms with Gasteiger partial charge >= 0.3 is 0 Å². The van der Waals surface area contributed by atoms with Crippen molar-refractivity contribution in [1.29, 1.82) is 0 Å². The van der Waals surface area contributed by atoms with Crippen LogP contribution in [0.4, 0.5) is 15.8 Å². The fraction of sp³-hybridized carbons (Fsp3) is 0.278. The van der Waals surface area contributed by atoms with Crippen molar-refractivity contribution < 1.29 is 9.18 Å². The van der Waals surface area contributed by atoms with Crippen molar-refractivity contribution in [3.63, 3.8) is 0 Å². The highest BCUT2D eigenvalue weighted by Crippen LogP contribution is 2.38. The van der Waals surface area contributed by atoms with E-state index < -0.39 is 0 Å². The van der Waals surface area contributed by atoms with Crippen LogP contribution in [0.15, 0.2) is 30.3 Å².